The van der Waals surface area contributed by atoms with Crippen molar-refractivity contribution in [2.45, 2.75) is 12.8 Å². The van der Waals surface area contributed by atoms with Crippen molar-refractivity contribution in [2.75, 3.05) is 0 Å². The Kier molecular flexibility index (Phi) is 2.93. The largest absolute Gasteiger partial charge is 0.239 e. The van der Waals surface area contributed by atoms with Crippen LogP contribution in [0.15, 0.2) is 30.5 Å². The van der Waals surface area contributed by atoms with Crippen LogP contribution >= 0.6 is 11.6 Å². The Morgan fingerprint density at radius 2 is 2.25 bits per heavy atom. The third kappa shape index (κ3) is 1.93. The van der Waals surface area contributed by atoms with Gasteiger partial charge in [-0.3, -0.25) is 0 Å². The highest BCUT2D eigenvalue weighted by molar-refractivity contribution is 6.17. The Labute approximate surface area is 98.9 Å². The van der Waals surface area contributed by atoms with Gasteiger partial charge in [0.2, 0.25) is 0 Å². The minimum absolute atomic E-state index is 0.410. The molecule has 1 aromatic heterocycles. The van der Waals surface area contributed by atoms with Gasteiger partial charge in [0.05, 0.1) is 16.9 Å². The third-order valence-corrected chi connectivity index (χ3v) is 2.61. The van der Waals surface area contributed by atoms with E-state index in [1.807, 2.05) is 31.3 Å². The maximum Gasteiger partial charge on any atom is 0.101 e. The van der Waals surface area contributed by atoms with Crippen molar-refractivity contribution in [2.24, 2.45) is 0 Å². The fourth-order valence-corrected chi connectivity index (χ4v) is 1.67. The molecular formula is C12H10ClN3. The molecule has 0 aliphatic rings. The number of benzene rings is 1. The molecule has 0 aliphatic heterocycles. The van der Waals surface area contributed by atoms with Gasteiger partial charge < -0.3 is 0 Å². The van der Waals surface area contributed by atoms with E-state index in [9.17, 15) is 0 Å². The van der Waals surface area contributed by atoms with Crippen molar-refractivity contribution in [3.63, 3.8) is 0 Å². The number of nitriles is 1. The van der Waals surface area contributed by atoms with Gasteiger partial charge in [0.15, 0.2) is 0 Å². The Morgan fingerprint density at radius 3 is 2.81 bits per heavy atom. The molecule has 2 aromatic rings. The van der Waals surface area contributed by atoms with Gasteiger partial charge in [-0.2, -0.15) is 10.4 Å². The van der Waals surface area contributed by atoms with E-state index in [1.54, 1.807) is 10.7 Å². The first-order valence-electron chi connectivity index (χ1n) is 4.86. The number of aromatic nitrogens is 2. The summed E-state index contributed by atoms with van der Waals surface area (Å²) in [6.07, 6.45) is 1.84. The molecule has 1 aromatic carbocycles. The van der Waals surface area contributed by atoms with Gasteiger partial charge in [-0.15, -0.1) is 11.6 Å². The summed E-state index contributed by atoms with van der Waals surface area (Å²) in [5.41, 5.74) is 3.22. The number of hydrogen-bond donors (Lipinski definition) is 0. The van der Waals surface area contributed by atoms with E-state index in [0.717, 1.165) is 16.9 Å². The molecule has 1 heterocycles. The van der Waals surface area contributed by atoms with Crippen LogP contribution in [0.2, 0.25) is 0 Å². The summed E-state index contributed by atoms with van der Waals surface area (Å²) in [5.74, 6) is 0.410. The highest BCUT2D eigenvalue weighted by Crippen LogP contribution is 2.16. The summed E-state index contributed by atoms with van der Waals surface area (Å²) in [6, 6.07) is 9.62. The lowest BCUT2D eigenvalue weighted by molar-refractivity contribution is 0.859. The summed E-state index contributed by atoms with van der Waals surface area (Å²) in [6.45, 7) is 1.91. The molecule has 3 nitrogen and oxygen atoms in total. The monoisotopic (exact) mass is 231 g/mol. The maximum absolute atomic E-state index is 9.07. The van der Waals surface area contributed by atoms with Crippen LogP contribution in [-0.4, -0.2) is 9.78 Å². The molecule has 0 radical (unpaired) electrons. The second-order valence-electron chi connectivity index (χ2n) is 3.50. The highest BCUT2D eigenvalue weighted by Gasteiger charge is 2.06. The molecule has 0 amide bonds. The smallest absolute Gasteiger partial charge is 0.101 e. The number of aryl methyl sites for hydroxylation is 1. The minimum atomic E-state index is 0.410. The quantitative estimate of drug-likeness (QED) is 0.746. The lowest BCUT2D eigenvalue weighted by atomic mass is 10.1. The van der Waals surface area contributed by atoms with E-state index >= 15 is 0 Å². The SMILES string of the molecule is Cc1ccn(-c2ccc(CCl)cc2C#N)n1. The molecule has 0 bridgehead atoms. The van der Waals surface area contributed by atoms with Gasteiger partial charge in [-0.05, 0) is 30.7 Å². The summed E-state index contributed by atoms with van der Waals surface area (Å²) in [7, 11) is 0. The lowest BCUT2D eigenvalue weighted by Gasteiger charge is -2.05. The molecule has 0 aliphatic carbocycles. The number of halogens is 1. The van der Waals surface area contributed by atoms with Crippen molar-refractivity contribution in [1.29, 1.82) is 5.26 Å². The summed E-state index contributed by atoms with van der Waals surface area (Å²) in [4.78, 5) is 0. The van der Waals surface area contributed by atoms with E-state index in [2.05, 4.69) is 11.2 Å². The molecule has 80 valence electrons. The van der Waals surface area contributed by atoms with Gasteiger partial charge in [-0.25, -0.2) is 4.68 Å². The van der Waals surface area contributed by atoms with Crippen molar-refractivity contribution in [3.05, 3.63) is 47.3 Å². The third-order valence-electron chi connectivity index (χ3n) is 2.30. The van der Waals surface area contributed by atoms with Crippen LogP contribution in [0.4, 0.5) is 0 Å². The minimum Gasteiger partial charge on any atom is -0.239 e. The molecule has 0 N–H and O–H groups in total. The van der Waals surface area contributed by atoms with Crippen LogP contribution in [0.1, 0.15) is 16.8 Å². The molecule has 0 unspecified atom stereocenters. The molecule has 0 saturated carbocycles. The number of hydrogen-bond acceptors (Lipinski definition) is 2. The molecule has 0 saturated heterocycles. The summed E-state index contributed by atoms with van der Waals surface area (Å²) < 4.78 is 1.70. The number of nitrogens with zero attached hydrogens (tertiary/aromatic N) is 3. The first-order chi connectivity index (χ1) is 7.74. The standard InChI is InChI=1S/C12H10ClN3/c1-9-4-5-16(15-9)12-3-2-10(7-13)6-11(12)8-14/h2-6H,7H2,1H3. The van der Waals surface area contributed by atoms with Gasteiger partial charge in [0, 0.05) is 12.1 Å². The normalized spacial score (nSPS) is 10.1. The van der Waals surface area contributed by atoms with Crippen molar-refractivity contribution < 1.29 is 0 Å². The van der Waals surface area contributed by atoms with E-state index in [-0.39, 0.29) is 0 Å². The molecular weight excluding hydrogens is 222 g/mol. The second-order valence-corrected chi connectivity index (χ2v) is 3.77. The van der Waals surface area contributed by atoms with Gasteiger partial charge in [-0.1, -0.05) is 6.07 Å². The van der Waals surface area contributed by atoms with Crippen molar-refractivity contribution in [1.82, 2.24) is 9.78 Å². The molecule has 2 rings (SSSR count). The Hall–Kier alpha value is -1.79. The van der Waals surface area contributed by atoms with E-state index in [1.165, 1.54) is 0 Å². The predicted molar refractivity (Wildman–Crippen MR) is 62.6 cm³/mol. The molecule has 0 fully saturated rings. The summed E-state index contributed by atoms with van der Waals surface area (Å²) >= 11 is 5.73. The predicted octanol–water partition coefficient (Wildman–Crippen LogP) is 2.79. The zero-order valence-corrected chi connectivity index (χ0v) is 9.57. The molecule has 0 atom stereocenters. The van der Waals surface area contributed by atoms with Crippen molar-refractivity contribution in [3.8, 4) is 11.8 Å². The molecule has 16 heavy (non-hydrogen) atoms. The Balaban J connectivity index is 2.53. The Bertz CT molecular complexity index is 552. The van der Waals surface area contributed by atoms with E-state index in [4.69, 9.17) is 16.9 Å². The van der Waals surface area contributed by atoms with E-state index < -0.39 is 0 Å². The van der Waals surface area contributed by atoms with Crippen LogP contribution in [0, 0.1) is 18.3 Å². The fourth-order valence-electron chi connectivity index (χ4n) is 1.50. The molecule has 4 heteroatoms. The van der Waals surface area contributed by atoms with Gasteiger partial charge in [0.25, 0.3) is 0 Å². The zero-order valence-electron chi connectivity index (χ0n) is 8.81. The Morgan fingerprint density at radius 1 is 1.44 bits per heavy atom. The number of rotatable bonds is 2. The average Bonchev–Trinajstić information content (AvgIpc) is 2.74. The average molecular weight is 232 g/mol. The van der Waals surface area contributed by atoms with Crippen LogP contribution in [0.5, 0.6) is 0 Å². The van der Waals surface area contributed by atoms with Gasteiger partial charge >= 0.3 is 0 Å². The van der Waals surface area contributed by atoms with E-state index in [0.29, 0.717) is 11.4 Å². The fraction of sp³-hybridized carbons (Fsp3) is 0.167. The summed E-state index contributed by atoms with van der Waals surface area (Å²) in [5, 5.41) is 13.3. The topological polar surface area (TPSA) is 41.6 Å². The van der Waals surface area contributed by atoms with Crippen LogP contribution in [-0.2, 0) is 5.88 Å². The van der Waals surface area contributed by atoms with Crippen LogP contribution in [0.3, 0.4) is 0 Å². The lowest BCUT2D eigenvalue weighted by Crippen LogP contribution is -1.99. The van der Waals surface area contributed by atoms with Crippen LogP contribution < -0.4 is 0 Å². The maximum atomic E-state index is 9.07. The first-order valence-corrected chi connectivity index (χ1v) is 5.39. The number of alkyl halides is 1. The zero-order chi connectivity index (χ0) is 11.5. The van der Waals surface area contributed by atoms with Crippen LogP contribution in [0.25, 0.3) is 5.69 Å². The second kappa shape index (κ2) is 4.38. The first kappa shape index (κ1) is 10.7. The molecule has 0 spiro atoms. The highest BCUT2D eigenvalue weighted by atomic mass is 35.5. The van der Waals surface area contributed by atoms with Gasteiger partial charge in [0.1, 0.15) is 6.07 Å². The van der Waals surface area contributed by atoms with Crippen molar-refractivity contribution >= 4 is 11.6 Å².